The Kier molecular flexibility index (Phi) is 4.61. The molecule has 26 heavy (non-hydrogen) atoms. The van der Waals surface area contributed by atoms with Crippen LogP contribution >= 0.6 is 11.6 Å². The molecular formula is C19H20ClN5O. The number of hydrogen-bond acceptors (Lipinski definition) is 5. The molecule has 1 aliphatic rings. The first-order valence-corrected chi connectivity index (χ1v) is 9.10. The smallest absolute Gasteiger partial charge is 0.187 e. The van der Waals surface area contributed by atoms with Crippen molar-refractivity contribution >= 4 is 11.6 Å². The van der Waals surface area contributed by atoms with E-state index < -0.39 is 0 Å². The van der Waals surface area contributed by atoms with Gasteiger partial charge in [0.1, 0.15) is 17.3 Å². The van der Waals surface area contributed by atoms with Crippen LogP contribution < -0.4 is 10.5 Å². The van der Waals surface area contributed by atoms with Gasteiger partial charge in [0.15, 0.2) is 5.82 Å². The Balaban J connectivity index is 1.81. The van der Waals surface area contributed by atoms with Gasteiger partial charge >= 0.3 is 0 Å². The Morgan fingerprint density at radius 2 is 2.00 bits per heavy atom. The number of ether oxygens (including phenoxy) is 1. The second kappa shape index (κ2) is 7.05. The lowest BCUT2D eigenvalue weighted by Crippen LogP contribution is -2.36. The maximum atomic E-state index is 6.47. The predicted molar refractivity (Wildman–Crippen MR) is 101 cm³/mol. The minimum atomic E-state index is 0.225. The number of hydrogen-bond donors (Lipinski definition) is 1. The van der Waals surface area contributed by atoms with Gasteiger partial charge in [-0.3, -0.25) is 4.57 Å². The molecule has 0 amide bonds. The van der Waals surface area contributed by atoms with Crippen molar-refractivity contribution in [1.82, 2.24) is 19.7 Å². The van der Waals surface area contributed by atoms with Crippen molar-refractivity contribution in [3.8, 4) is 23.0 Å². The first kappa shape index (κ1) is 17.0. The molecule has 0 atom stereocenters. The number of benzene rings is 1. The van der Waals surface area contributed by atoms with E-state index in [9.17, 15) is 0 Å². The van der Waals surface area contributed by atoms with E-state index >= 15 is 0 Å². The van der Waals surface area contributed by atoms with Crippen LogP contribution in [-0.2, 0) is 0 Å². The lowest BCUT2D eigenvalue weighted by molar-refractivity contribution is 0.335. The van der Waals surface area contributed by atoms with Crippen LogP contribution in [0.3, 0.4) is 0 Å². The SMILES string of the molecule is CCOc1ccc(-c2nnc(C3CC(N)C3)n2-c2ccccc2Cl)nc1. The van der Waals surface area contributed by atoms with E-state index in [1.165, 1.54) is 0 Å². The third-order valence-electron chi connectivity index (χ3n) is 4.60. The van der Waals surface area contributed by atoms with Gasteiger partial charge < -0.3 is 10.5 Å². The lowest BCUT2D eigenvalue weighted by Gasteiger charge is -2.31. The Morgan fingerprint density at radius 3 is 2.65 bits per heavy atom. The molecule has 2 N–H and O–H groups in total. The van der Waals surface area contributed by atoms with Crippen molar-refractivity contribution < 1.29 is 4.74 Å². The molecule has 2 aromatic heterocycles. The van der Waals surface area contributed by atoms with Gasteiger partial charge in [0.2, 0.25) is 0 Å². The molecule has 0 spiro atoms. The van der Waals surface area contributed by atoms with Crippen LogP contribution in [0.25, 0.3) is 17.2 Å². The third kappa shape index (κ3) is 3.06. The first-order chi connectivity index (χ1) is 12.7. The molecule has 3 aromatic rings. The third-order valence-corrected chi connectivity index (χ3v) is 4.92. The van der Waals surface area contributed by atoms with Crippen molar-refractivity contribution in [2.24, 2.45) is 5.73 Å². The molecule has 1 saturated carbocycles. The van der Waals surface area contributed by atoms with Gasteiger partial charge in [0.05, 0.1) is 23.5 Å². The number of pyridine rings is 1. The maximum Gasteiger partial charge on any atom is 0.187 e. The van der Waals surface area contributed by atoms with Crippen LogP contribution in [0, 0.1) is 0 Å². The van der Waals surface area contributed by atoms with Gasteiger partial charge in [-0.05, 0) is 44.0 Å². The van der Waals surface area contributed by atoms with Crippen molar-refractivity contribution in [2.45, 2.75) is 31.7 Å². The molecule has 6 nitrogen and oxygen atoms in total. The summed E-state index contributed by atoms with van der Waals surface area (Å²) in [5.74, 6) is 2.55. The van der Waals surface area contributed by atoms with Crippen molar-refractivity contribution in [2.75, 3.05) is 6.61 Å². The van der Waals surface area contributed by atoms with Crippen LogP contribution in [0.2, 0.25) is 5.02 Å². The second-order valence-electron chi connectivity index (χ2n) is 6.41. The molecule has 7 heteroatoms. The van der Waals surface area contributed by atoms with Gasteiger partial charge in [0, 0.05) is 12.0 Å². The number of aromatic nitrogens is 4. The predicted octanol–water partition coefficient (Wildman–Crippen LogP) is 3.59. The second-order valence-corrected chi connectivity index (χ2v) is 6.82. The van der Waals surface area contributed by atoms with Crippen LogP contribution in [0.5, 0.6) is 5.75 Å². The van der Waals surface area contributed by atoms with Crippen molar-refractivity contribution in [1.29, 1.82) is 0 Å². The normalized spacial score (nSPS) is 19.2. The summed E-state index contributed by atoms with van der Waals surface area (Å²) in [6, 6.07) is 11.7. The monoisotopic (exact) mass is 369 g/mol. The minimum Gasteiger partial charge on any atom is -0.492 e. The average molecular weight is 370 g/mol. The number of para-hydroxylation sites is 1. The summed E-state index contributed by atoms with van der Waals surface area (Å²) in [4.78, 5) is 4.50. The zero-order valence-corrected chi connectivity index (χ0v) is 15.2. The van der Waals surface area contributed by atoms with Gasteiger partial charge in [-0.1, -0.05) is 23.7 Å². The van der Waals surface area contributed by atoms with Gasteiger partial charge in [0.25, 0.3) is 0 Å². The van der Waals surface area contributed by atoms with Crippen molar-refractivity contribution in [3.63, 3.8) is 0 Å². The molecule has 1 aliphatic carbocycles. The van der Waals surface area contributed by atoms with E-state index in [1.807, 2.05) is 47.9 Å². The molecule has 1 aromatic carbocycles. The highest BCUT2D eigenvalue weighted by atomic mass is 35.5. The van der Waals surface area contributed by atoms with Gasteiger partial charge in [-0.15, -0.1) is 10.2 Å². The van der Waals surface area contributed by atoms with Crippen LogP contribution in [0.4, 0.5) is 0 Å². The summed E-state index contributed by atoms with van der Waals surface area (Å²) >= 11 is 6.47. The summed E-state index contributed by atoms with van der Waals surface area (Å²) < 4.78 is 7.47. The Morgan fingerprint density at radius 1 is 1.19 bits per heavy atom. The molecule has 0 bridgehead atoms. The fourth-order valence-corrected chi connectivity index (χ4v) is 3.45. The molecule has 4 rings (SSSR count). The highest BCUT2D eigenvalue weighted by molar-refractivity contribution is 6.32. The molecule has 0 saturated heterocycles. The van der Waals surface area contributed by atoms with E-state index in [0.717, 1.165) is 35.8 Å². The fourth-order valence-electron chi connectivity index (χ4n) is 3.23. The fraction of sp³-hybridized carbons (Fsp3) is 0.316. The zero-order valence-electron chi connectivity index (χ0n) is 14.5. The van der Waals surface area contributed by atoms with Crippen molar-refractivity contribution in [3.05, 3.63) is 53.4 Å². The lowest BCUT2D eigenvalue weighted by atomic mass is 9.80. The van der Waals surface area contributed by atoms with Gasteiger partial charge in [-0.25, -0.2) is 4.98 Å². The molecule has 1 fully saturated rings. The summed E-state index contributed by atoms with van der Waals surface area (Å²) in [5.41, 5.74) is 7.54. The number of halogens is 1. The molecule has 2 heterocycles. The summed E-state index contributed by atoms with van der Waals surface area (Å²) in [6.07, 6.45) is 3.50. The molecule has 0 aliphatic heterocycles. The Hall–Kier alpha value is -2.44. The largest absolute Gasteiger partial charge is 0.492 e. The zero-order chi connectivity index (χ0) is 18.1. The van der Waals surface area contributed by atoms with E-state index in [1.54, 1.807) is 6.20 Å². The molecule has 0 unspecified atom stereocenters. The topological polar surface area (TPSA) is 78.9 Å². The maximum absolute atomic E-state index is 6.47. The van der Waals surface area contributed by atoms with Crippen LogP contribution in [-0.4, -0.2) is 32.4 Å². The van der Waals surface area contributed by atoms with E-state index in [0.29, 0.717) is 17.5 Å². The number of nitrogens with two attached hydrogens (primary N) is 1. The highest BCUT2D eigenvalue weighted by Crippen LogP contribution is 2.38. The first-order valence-electron chi connectivity index (χ1n) is 8.72. The highest BCUT2D eigenvalue weighted by Gasteiger charge is 2.33. The standard InChI is InChI=1S/C19H20ClN5O/c1-2-26-14-7-8-16(22-11-14)19-24-23-18(12-9-13(21)10-12)25(19)17-6-4-3-5-15(17)20/h3-8,11-13H,2,9-10,21H2,1H3. The number of rotatable bonds is 5. The summed E-state index contributed by atoms with van der Waals surface area (Å²) in [5, 5.41) is 9.51. The van der Waals surface area contributed by atoms with Crippen LogP contribution in [0.15, 0.2) is 42.6 Å². The summed E-state index contributed by atoms with van der Waals surface area (Å²) in [6.45, 7) is 2.54. The Bertz CT molecular complexity index is 903. The quantitative estimate of drug-likeness (QED) is 0.743. The van der Waals surface area contributed by atoms with E-state index in [-0.39, 0.29) is 12.0 Å². The minimum absolute atomic E-state index is 0.225. The van der Waals surface area contributed by atoms with E-state index in [2.05, 4.69) is 15.2 Å². The molecule has 0 radical (unpaired) electrons. The number of nitrogens with zero attached hydrogens (tertiary/aromatic N) is 4. The van der Waals surface area contributed by atoms with Crippen LogP contribution in [0.1, 0.15) is 31.5 Å². The van der Waals surface area contributed by atoms with Gasteiger partial charge in [-0.2, -0.15) is 0 Å². The summed E-state index contributed by atoms with van der Waals surface area (Å²) in [7, 11) is 0. The Labute approximate surface area is 157 Å². The molecular weight excluding hydrogens is 350 g/mol. The van der Waals surface area contributed by atoms with E-state index in [4.69, 9.17) is 22.1 Å². The molecule has 134 valence electrons. The average Bonchev–Trinajstić information content (AvgIpc) is 3.04.